The van der Waals surface area contributed by atoms with Crippen molar-refractivity contribution in [3.8, 4) is 0 Å². The molecule has 1 N–H and O–H groups in total. The van der Waals surface area contributed by atoms with Gasteiger partial charge in [-0.05, 0) is 33.4 Å². The van der Waals surface area contributed by atoms with Crippen molar-refractivity contribution in [3.63, 3.8) is 0 Å². The quantitative estimate of drug-likeness (QED) is 0.789. The summed E-state index contributed by atoms with van der Waals surface area (Å²) < 4.78 is 0. The molecule has 1 rings (SSSR count). The zero-order valence-corrected chi connectivity index (χ0v) is 12.5. The summed E-state index contributed by atoms with van der Waals surface area (Å²) >= 11 is 0. The second-order valence-corrected chi connectivity index (χ2v) is 6.25. The third-order valence-corrected chi connectivity index (χ3v) is 3.88. The molecule has 0 radical (unpaired) electrons. The van der Waals surface area contributed by atoms with Gasteiger partial charge in [0, 0.05) is 37.8 Å². The van der Waals surface area contributed by atoms with Crippen LogP contribution in [-0.2, 0) is 0 Å². The van der Waals surface area contributed by atoms with Crippen molar-refractivity contribution < 1.29 is 0 Å². The lowest BCUT2D eigenvalue weighted by Crippen LogP contribution is -2.55. The molecular formula is C14H31N3. The summed E-state index contributed by atoms with van der Waals surface area (Å²) in [4.78, 5) is 5.12. The molecule has 0 aromatic heterocycles. The van der Waals surface area contributed by atoms with E-state index in [4.69, 9.17) is 0 Å². The Morgan fingerprint density at radius 3 is 2.12 bits per heavy atom. The van der Waals surface area contributed by atoms with Crippen LogP contribution in [0.15, 0.2) is 0 Å². The average Bonchev–Trinajstić information content (AvgIpc) is 2.23. The van der Waals surface area contributed by atoms with Crippen LogP contribution >= 0.6 is 0 Å². The van der Waals surface area contributed by atoms with E-state index in [9.17, 15) is 0 Å². The van der Waals surface area contributed by atoms with E-state index in [1.54, 1.807) is 0 Å². The molecule has 0 amide bonds. The molecule has 3 nitrogen and oxygen atoms in total. The van der Waals surface area contributed by atoms with Crippen molar-refractivity contribution in [1.82, 2.24) is 15.1 Å². The van der Waals surface area contributed by atoms with Gasteiger partial charge in [0.2, 0.25) is 0 Å². The summed E-state index contributed by atoms with van der Waals surface area (Å²) in [6, 6.07) is 1.97. The monoisotopic (exact) mass is 241 g/mol. The number of hydrogen-bond acceptors (Lipinski definition) is 3. The summed E-state index contributed by atoms with van der Waals surface area (Å²) in [6.45, 7) is 16.2. The first kappa shape index (κ1) is 14.9. The summed E-state index contributed by atoms with van der Waals surface area (Å²) in [5.41, 5.74) is 0. The molecular weight excluding hydrogens is 210 g/mol. The van der Waals surface area contributed by atoms with Crippen LogP contribution in [0.4, 0.5) is 0 Å². The molecule has 3 atom stereocenters. The fraction of sp³-hybridized carbons (Fsp3) is 1.00. The lowest BCUT2D eigenvalue weighted by Gasteiger charge is -2.43. The first-order valence-corrected chi connectivity index (χ1v) is 7.07. The SMILES string of the molecule is CC(CNC(C)C)CN1CC(C)N(C)C(C)C1. The minimum absolute atomic E-state index is 0.600. The summed E-state index contributed by atoms with van der Waals surface area (Å²) in [5.74, 6) is 0.736. The molecule has 3 heteroatoms. The molecule has 1 aliphatic heterocycles. The van der Waals surface area contributed by atoms with Crippen LogP contribution in [-0.4, -0.2) is 61.2 Å². The molecule has 1 aliphatic rings. The van der Waals surface area contributed by atoms with E-state index in [2.05, 4.69) is 56.8 Å². The molecule has 1 heterocycles. The van der Waals surface area contributed by atoms with Gasteiger partial charge in [-0.2, -0.15) is 0 Å². The molecule has 0 saturated carbocycles. The minimum Gasteiger partial charge on any atom is -0.314 e. The van der Waals surface area contributed by atoms with E-state index in [0.717, 1.165) is 12.5 Å². The zero-order chi connectivity index (χ0) is 13.0. The molecule has 0 spiro atoms. The predicted octanol–water partition coefficient (Wildman–Crippen LogP) is 1.64. The third kappa shape index (κ3) is 4.94. The zero-order valence-electron chi connectivity index (χ0n) is 12.5. The van der Waals surface area contributed by atoms with Crippen molar-refractivity contribution in [2.75, 3.05) is 33.2 Å². The average molecular weight is 241 g/mol. The largest absolute Gasteiger partial charge is 0.314 e. The Kier molecular flexibility index (Phi) is 5.90. The maximum absolute atomic E-state index is 3.53. The van der Waals surface area contributed by atoms with Crippen LogP contribution in [0.25, 0.3) is 0 Å². The van der Waals surface area contributed by atoms with Crippen molar-refractivity contribution in [1.29, 1.82) is 0 Å². The Morgan fingerprint density at radius 1 is 1.12 bits per heavy atom. The van der Waals surface area contributed by atoms with E-state index in [-0.39, 0.29) is 0 Å². The van der Waals surface area contributed by atoms with E-state index in [1.165, 1.54) is 19.6 Å². The number of nitrogens with one attached hydrogen (secondary N) is 1. The second kappa shape index (κ2) is 6.72. The predicted molar refractivity (Wildman–Crippen MR) is 75.4 cm³/mol. The Labute approximate surface area is 108 Å². The van der Waals surface area contributed by atoms with Gasteiger partial charge in [0.05, 0.1) is 0 Å². The lowest BCUT2D eigenvalue weighted by atomic mass is 10.1. The van der Waals surface area contributed by atoms with Crippen LogP contribution in [0, 0.1) is 5.92 Å². The first-order valence-electron chi connectivity index (χ1n) is 7.07. The van der Waals surface area contributed by atoms with Gasteiger partial charge >= 0.3 is 0 Å². The van der Waals surface area contributed by atoms with Crippen molar-refractivity contribution in [3.05, 3.63) is 0 Å². The molecule has 0 aromatic carbocycles. The maximum Gasteiger partial charge on any atom is 0.0195 e. The van der Waals surface area contributed by atoms with Gasteiger partial charge in [0.25, 0.3) is 0 Å². The molecule has 1 fully saturated rings. The fourth-order valence-electron chi connectivity index (χ4n) is 2.61. The molecule has 0 aliphatic carbocycles. The van der Waals surface area contributed by atoms with Crippen molar-refractivity contribution in [2.45, 2.75) is 52.7 Å². The van der Waals surface area contributed by atoms with Gasteiger partial charge in [0.15, 0.2) is 0 Å². The van der Waals surface area contributed by atoms with E-state index >= 15 is 0 Å². The van der Waals surface area contributed by atoms with E-state index in [0.29, 0.717) is 18.1 Å². The molecule has 17 heavy (non-hydrogen) atoms. The summed E-state index contributed by atoms with van der Waals surface area (Å²) in [6.07, 6.45) is 0. The Hall–Kier alpha value is -0.120. The number of likely N-dealkylation sites (N-methyl/N-ethyl adjacent to an activating group) is 1. The molecule has 1 saturated heterocycles. The summed E-state index contributed by atoms with van der Waals surface area (Å²) in [7, 11) is 2.25. The highest BCUT2D eigenvalue weighted by Gasteiger charge is 2.26. The number of piperazine rings is 1. The first-order chi connectivity index (χ1) is 7.90. The summed E-state index contributed by atoms with van der Waals surface area (Å²) in [5, 5.41) is 3.53. The van der Waals surface area contributed by atoms with Gasteiger partial charge in [-0.3, -0.25) is 9.80 Å². The van der Waals surface area contributed by atoms with E-state index in [1.807, 2.05) is 0 Å². The van der Waals surface area contributed by atoms with Crippen LogP contribution in [0.2, 0.25) is 0 Å². The minimum atomic E-state index is 0.600. The molecule has 0 aromatic rings. The van der Waals surface area contributed by atoms with Crippen LogP contribution in [0.5, 0.6) is 0 Å². The highest BCUT2D eigenvalue weighted by Crippen LogP contribution is 2.14. The standard InChI is InChI=1S/C14H31N3/c1-11(2)15-7-12(3)8-17-9-13(4)16(6)14(5)10-17/h11-15H,7-10H2,1-6H3. The topological polar surface area (TPSA) is 18.5 Å². The Bertz CT molecular complexity index is 206. The van der Waals surface area contributed by atoms with Crippen LogP contribution in [0.3, 0.4) is 0 Å². The highest BCUT2D eigenvalue weighted by molar-refractivity contribution is 4.83. The highest BCUT2D eigenvalue weighted by atomic mass is 15.3. The lowest BCUT2D eigenvalue weighted by molar-refractivity contribution is 0.0520. The normalized spacial score (nSPS) is 29.8. The smallest absolute Gasteiger partial charge is 0.0195 e. The second-order valence-electron chi connectivity index (χ2n) is 6.25. The van der Waals surface area contributed by atoms with Crippen LogP contribution in [0.1, 0.15) is 34.6 Å². The van der Waals surface area contributed by atoms with Crippen molar-refractivity contribution in [2.24, 2.45) is 5.92 Å². The fourth-order valence-corrected chi connectivity index (χ4v) is 2.61. The number of hydrogen-bond donors (Lipinski definition) is 1. The Balaban J connectivity index is 2.31. The van der Waals surface area contributed by atoms with E-state index < -0.39 is 0 Å². The number of nitrogens with zero attached hydrogens (tertiary/aromatic N) is 2. The van der Waals surface area contributed by atoms with Crippen molar-refractivity contribution >= 4 is 0 Å². The van der Waals surface area contributed by atoms with Gasteiger partial charge in [-0.15, -0.1) is 0 Å². The van der Waals surface area contributed by atoms with Gasteiger partial charge in [-0.25, -0.2) is 0 Å². The Morgan fingerprint density at radius 2 is 1.65 bits per heavy atom. The maximum atomic E-state index is 3.53. The van der Waals surface area contributed by atoms with Gasteiger partial charge in [-0.1, -0.05) is 20.8 Å². The molecule has 102 valence electrons. The van der Waals surface area contributed by atoms with Crippen LogP contribution < -0.4 is 5.32 Å². The number of rotatable bonds is 5. The third-order valence-electron chi connectivity index (χ3n) is 3.88. The molecule has 3 unspecified atom stereocenters. The van der Waals surface area contributed by atoms with Gasteiger partial charge < -0.3 is 5.32 Å². The molecule has 0 bridgehead atoms. The van der Waals surface area contributed by atoms with Gasteiger partial charge in [0.1, 0.15) is 0 Å².